The van der Waals surface area contributed by atoms with Crippen LogP contribution in [-0.2, 0) is 4.79 Å². The van der Waals surface area contributed by atoms with Crippen molar-refractivity contribution in [3.05, 3.63) is 36.2 Å². The number of carbonyl (C=O) groups excluding carboxylic acids is 1. The predicted octanol–water partition coefficient (Wildman–Crippen LogP) is 2.00. The molecule has 0 fully saturated rings. The standard InChI is InChI=1S/C12H10N2O4/c1-7(15)14-11-6-8(4-5-13-11)9-2-3-10(18-9)12(16)17/h2-6H,1H3,(H,16,17)(H,13,14,15). The minimum absolute atomic E-state index is 0.136. The summed E-state index contributed by atoms with van der Waals surface area (Å²) in [5, 5.41) is 11.3. The number of furan rings is 1. The fraction of sp³-hybridized carbons (Fsp3) is 0.0833. The molecule has 6 heteroatoms. The molecular formula is C12H10N2O4. The average molecular weight is 246 g/mol. The van der Waals surface area contributed by atoms with Crippen LogP contribution in [0.1, 0.15) is 17.5 Å². The second kappa shape index (κ2) is 4.70. The number of carbonyl (C=O) groups is 2. The van der Waals surface area contributed by atoms with Crippen molar-refractivity contribution in [2.24, 2.45) is 0 Å². The molecule has 0 saturated carbocycles. The third-order valence-electron chi connectivity index (χ3n) is 2.17. The normalized spacial score (nSPS) is 10.1. The molecule has 2 rings (SSSR count). The maximum Gasteiger partial charge on any atom is 0.371 e. The Morgan fingerprint density at radius 3 is 2.72 bits per heavy atom. The van der Waals surface area contributed by atoms with Crippen LogP contribution >= 0.6 is 0 Å². The lowest BCUT2D eigenvalue weighted by molar-refractivity contribution is -0.114. The van der Waals surface area contributed by atoms with Gasteiger partial charge in [-0.05, 0) is 24.3 Å². The lowest BCUT2D eigenvalue weighted by atomic mass is 10.2. The van der Waals surface area contributed by atoms with Gasteiger partial charge in [0.15, 0.2) is 0 Å². The summed E-state index contributed by atoms with van der Waals surface area (Å²) in [5.74, 6) is -0.708. The highest BCUT2D eigenvalue weighted by Crippen LogP contribution is 2.23. The van der Waals surface area contributed by atoms with Crippen molar-refractivity contribution in [3.63, 3.8) is 0 Å². The molecule has 0 spiro atoms. The van der Waals surface area contributed by atoms with E-state index in [0.29, 0.717) is 17.1 Å². The van der Waals surface area contributed by atoms with Crippen molar-refractivity contribution in [2.45, 2.75) is 6.92 Å². The van der Waals surface area contributed by atoms with Gasteiger partial charge >= 0.3 is 5.97 Å². The van der Waals surface area contributed by atoms with Gasteiger partial charge in [-0.3, -0.25) is 4.79 Å². The van der Waals surface area contributed by atoms with Crippen LogP contribution in [0, 0.1) is 0 Å². The Labute approximate surface area is 102 Å². The van der Waals surface area contributed by atoms with E-state index in [0.717, 1.165) is 0 Å². The number of anilines is 1. The number of hydrogen-bond acceptors (Lipinski definition) is 4. The topological polar surface area (TPSA) is 92.4 Å². The van der Waals surface area contributed by atoms with Crippen LogP contribution in [0.3, 0.4) is 0 Å². The highest BCUT2D eigenvalue weighted by atomic mass is 16.4. The highest BCUT2D eigenvalue weighted by molar-refractivity contribution is 5.88. The monoisotopic (exact) mass is 246 g/mol. The average Bonchev–Trinajstić information content (AvgIpc) is 2.77. The van der Waals surface area contributed by atoms with Crippen LogP contribution in [0.5, 0.6) is 0 Å². The Balaban J connectivity index is 2.32. The number of pyridine rings is 1. The molecule has 0 radical (unpaired) electrons. The quantitative estimate of drug-likeness (QED) is 0.863. The van der Waals surface area contributed by atoms with Gasteiger partial charge in [0.05, 0.1) is 0 Å². The zero-order valence-electron chi connectivity index (χ0n) is 9.51. The van der Waals surface area contributed by atoms with Crippen LogP contribution in [0.4, 0.5) is 5.82 Å². The number of nitrogens with zero attached hydrogens (tertiary/aromatic N) is 1. The largest absolute Gasteiger partial charge is 0.475 e. The van der Waals surface area contributed by atoms with Crippen LogP contribution < -0.4 is 5.32 Å². The van der Waals surface area contributed by atoms with E-state index in [-0.39, 0.29) is 11.7 Å². The molecule has 0 aliphatic heterocycles. The first kappa shape index (κ1) is 11.8. The summed E-state index contributed by atoms with van der Waals surface area (Å²) >= 11 is 0. The van der Waals surface area contributed by atoms with Crippen LogP contribution in [0.15, 0.2) is 34.9 Å². The summed E-state index contributed by atoms with van der Waals surface area (Å²) in [7, 11) is 0. The number of nitrogens with one attached hydrogen (secondary N) is 1. The minimum atomic E-state index is -1.13. The van der Waals surface area contributed by atoms with Crippen LogP contribution in [-0.4, -0.2) is 22.0 Å². The number of aromatic carboxylic acids is 1. The van der Waals surface area contributed by atoms with Crippen molar-refractivity contribution in [1.29, 1.82) is 0 Å². The summed E-state index contributed by atoms with van der Waals surface area (Å²) < 4.78 is 5.15. The van der Waals surface area contributed by atoms with Gasteiger partial charge in [-0.1, -0.05) is 0 Å². The first-order valence-corrected chi connectivity index (χ1v) is 5.13. The number of amides is 1. The first-order chi connectivity index (χ1) is 8.56. The number of carboxylic acids is 1. The van der Waals surface area contributed by atoms with E-state index < -0.39 is 5.97 Å². The lowest BCUT2D eigenvalue weighted by Crippen LogP contribution is -2.07. The summed E-state index contributed by atoms with van der Waals surface area (Å²) in [6.45, 7) is 1.38. The number of rotatable bonds is 3. The molecule has 18 heavy (non-hydrogen) atoms. The van der Waals surface area contributed by atoms with Crippen LogP contribution in [0.2, 0.25) is 0 Å². The molecule has 6 nitrogen and oxygen atoms in total. The van der Waals surface area contributed by atoms with E-state index in [1.54, 1.807) is 18.2 Å². The molecule has 2 heterocycles. The van der Waals surface area contributed by atoms with Gasteiger partial charge < -0.3 is 14.8 Å². The molecule has 2 N–H and O–H groups in total. The molecule has 2 aromatic heterocycles. The number of carboxylic acid groups (broad SMARTS) is 1. The van der Waals surface area contributed by atoms with Crippen molar-refractivity contribution >= 4 is 17.7 Å². The lowest BCUT2D eigenvalue weighted by Gasteiger charge is -2.02. The molecular weight excluding hydrogens is 236 g/mol. The second-order valence-electron chi connectivity index (χ2n) is 3.58. The van der Waals surface area contributed by atoms with Gasteiger partial charge in [-0.2, -0.15) is 0 Å². The first-order valence-electron chi connectivity index (χ1n) is 5.13. The Morgan fingerprint density at radius 1 is 1.33 bits per heavy atom. The molecule has 0 atom stereocenters. The van der Waals surface area contributed by atoms with E-state index in [1.165, 1.54) is 19.2 Å². The molecule has 92 valence electrons. The van der Waals surface area contributed by atoms with E-state index >= 15 is 0 Å². The Bertz CT molecular complexity index is 604. The predicted molar refractivity (Wildman–Crippen MR) is 63.2 cm³/mol. The SMILES string of the molecule is CC(=O)Nc1cc(-c2ccc(C(=O)O)o2)ccn1. The maximum absolute atomic E-state index is 10.9. The molecule has 0 bridgehead atoms. The van der Waals surface area contributed by atoms with Gasteiger partial charge in [-0.15, -0.1) is 0 Å². The molecule has 0 aliphatic rings. The van der Waals surface area contributed by atoms with Crippen molar-refractivity contribution in [3.8, 4) is 11.3 Å². The minimum Gasteiger partial charge on any atom is -0.475 e. The third kappa shape index (κ3) is 2.54. The van der Waals surface area contributed by atoms with Gasteiger partial charge in [-0.25, -0.2) is 9.78 Å². The van der Waals surface area contributed by atoms with Crippen LogP contribution in [0.25, 0.3) is 11.3 Å². The Hall–Kier alpha value is -2.63. The third-order valence-corrected chi connectivity index (χ3v) is 2.17. The summed E-state index contributed by atoms with van der Waals surface area (Å²) in [6, 6.07) is 6.19. The number of aromatic nitrogens is 1. The Morgan fingerprint density at radius 2 is 2.11 bits per heavy atom. The van der Waals surface area contributed by atoms with Gasteiger partial charge in [0.25, 0.3) is 0 Å². The molecule has 2 aromatic rings. The summed E-state index contributed by atoms with van der Waals surface area (Å²) in [4.78, 5) is 25.6. The Kier molecular flexibility index (Phi) is 3.09. The summed E-state index contributed by atoms with van der Waals surface area (Å²) in [6.07, 6.45) is 1.50. The van der Waals surface area contributed by atoms with E-state index in [4.69, 9.17) is 9.52 Å². The molecule has 0 aromatic carbocycles. The van der Waals surface area contributed by atoms with Crippen molar-refractivity contribution in [2.75, 3.05) is 5.32 Å². The van der Waals surface area contributed by atoms with Crippen molar-refractivity contribution in [1.82, 2.24) is 4.98 Å². The van der Waals surface area contributed by atoms with E-state index in [2.05, 4.69) is 10.3 Å². The maximum atomic E-state index is 10.9. The summed E-state index contributed by atoms with van der Waals surface area (Å²) in [5.41, 5.74) is 0.640. The molecule has 0 unspecified atom stereocenters. The molecule has 1 amide bonds. The molecule has 0 saturated heterocycles. The smallest absolute Gasteiger partial charge is 0.371 e. The fourth-order valence-corrected chi connectivity index (χ4v) is 1.44. The van der Waals surface area contributed by atoms with E-state index in [9.17, 15) is 9.59 Å². The fourth-order valence-electron chi connectivity index (χ4n) is 1.44. The zero-order valence-corrected chi connectivity index (χ0v) is 9.51. The number of hydrogen-bond donors (Lipinski definition) is 2. The van der Waals surface area contributed by atoms with Gasteiger partial charge in [0.2, 0.25) is 11.7 Å². The van der Waals surface area contributed by atoms with Crippen molar-refractivity contribution < 1.29 is 19.1 Å². The molecule has 0 aliphatic carbocycles. The highest BCUT2D eigenvalue weighted by Gasteiger charge is 2.11. The van der Waals surface area contributed by atoms with Gasteiger partial charge in [0, 0.05) is 18.7 Å². The van der Waals surface area contributed by atoms with E-state index in [1.807, 2.05) is 0 Å². The zero-order chi connectivity index (χ0) is 13.1. The van der Waals surface area contributed by atoms with Gasteiger partial charge in [0.1, 0.15) is 11.6 Å². The second-order valence-corrected chi connectivity index (χ2v) is 3.58.